The van der Waals surface area contributed by atoms with E-state index >= 15 is 0 Å². The Morgan fingerprint density at radius 3 is 2.22 bits per heavy atom. The molecule has 122 valence electrons. The summed E-state index contributed by atoms with van der Waals surface area (Å²) in [7, 11) is 0. The predicted molar refractivity (Wildman–Crippen MR) is 85.6 cm³/mol. The molecule has 2 amide bonds. The van der Waals surface area contributed by atoms with Crippen LogP contribution < -0.4 is 10.6 Å². The third-order valence-electron chi connectivity index (χ3n) is 2.74. The van der Waals surface area contributed by atoms with Crippen LogP contribution in [-0.4, -0.2) is 6.03 Å². The molecule has 0 atom stereocenters. The maximum atomic E-state index is 12.7. The second kappa shape index (κ2) is 6.86. The van der Waals surface area contributed by atoms with Crippen molar-refractivity contribution in [3.8, 4) is 0 Å². The molecule has 3 nitrogen and oxygen atoms in total. The zero-order valence-corrected chi connectivity index (χ0v) is 13.4. The van der Waals surface area contributed by atoms with Gasteiger partial charge in [0.2, 0.25) is 0 Å². The van der Waals surface area contributed by atoms with E-state index in [1.54, 1.807) is 6.07 Å². The smallest absolute Gasteiger partial charge is 0.306 e. The molecule has 0 saturated heterocycles. The van der Waals surface area contributed by atoms with E-state index in [1.807, 2.05) is 0 Å². The van der Waals surface area contributed by atoms with E-state index in [2.05, 4.69) is 10.6 Å². The number of halogens is 6. The van der Waals surface area contributed by atoms with Gasteiger partial charge in [-0.25, -0.2) is 4.79 Å². The molecule has 2 aromatic carbocycles. The zero-order chi connectivity index (χ0) is 17.2. The van der Waals surface area contributed by atoms with E-state index in [-0.39, 0.29) is 26.4 Å². The number of rotatable bonds is 2. The van der Waals surface area contributed by atoms with Crippen molar-refractivity contribution < 1.29 is 18.0 Å². The van der Waals surface area contributed by atoms with Gasteiger partial charge in [-0.15, -0.1) is 0 Å². The molecule has 0 spiro atoms. The molecule has 0 aliphatic heterocycles. The number of alkyl halides is 3. The summed E-state index contributed by atoms with van der Waals surface area (Å²) in [5.74, 6) is 0. The summed E-state index contributed by atoms with van der Waals surface area (Å²) >= 11 is 17.5. The molecule has 2 aromatic rings. The Kier molecular flexibility index (Phi) is 5.29. The van der Waals surface area contributed by atoms with Gasteiger partial charge in [0.1, 0.15) is 0 Å². The van der Waals surface area contributed by atoms with Gasteiger partial charge in [-0.05, 0) is 30.3 Å². The monoisotopic (exact) mass is 382 g/mol. The Morgan fingerprint density at radius 1 is 0.913 bits per heavy atom. The Labute approximate surface area is 144 Å². The number of urea groups is 1. The molecule has 0 aliphatic rings. The van der Waals surface area contributed by atoms with E-state index < -0.39 is 17.8 Å². The Bertz CT molecular complexity index is 751. The summed E-state index contributed by atoms with van der Waals surface area (Å²) in [4.78, 5) is 11.9. The average Bonchev–Trinajstić information content (AvgIpc) is 2.45. The van der Waals surface area contributed by atoms with Crippen LogP contribution in [0.4, 0.5) is 29.3 Å². The molecular formula is C14H8Cl3F3N2O. The number of amides is 2. The standard InChI is InChI=1S/C14H8Cl3F3N2O/c15-8-5-4-7(14(18,19)20)6-11(8)22-13(23)21-10-3-1-2-9(16)12(10)17/h1-6H,(H2,21,22,23). The Hall–Kier alpha value is -1.63. The minimum Gasteiger partial charge on any atom is -0.306 e. The first-order valence-electron chi connectivity index (χ1n) is 6.07. The normalized spacial score (nSPS) is 11.2. The fraction of sp³-hybridized carbons (Fsp3) is 0.0714. The molecule has 0 bridgehead atoms. The molecule has 23 heavy (non-hydrogen) atoms. The molecule has 9 heteroatoms. The second-order valence-corrected chi connectivity index (χ2v) is 5.57. The summed E-state index contributed by atoms with van der Waals surface area (Å²) in [6, 6.07) is 6.36. The summed E-state index contributed by atoms with van der Waals surface area (Å²) in [6.07, 6.45) is -4.55. The fourth-order valence-corrected chi connectivity index (χ4v) is 2.19. The quantitative estimate of drug-likeness (QED) is 0.627. The van der Waals surface area contributed by atoms with Gasteiger partial charge in [0.05, 0.1) is 32.0 Å². The first kappa shape index (κ1) is 17.7. The van der Waals surface area contributed by atoms with Gasteiger partial charge in [-0.3, -0.25) is 0 Å². The lowest BCUT2D eigenvalue weighted by atomic mass is 10.2. The van der Waals surface area contributed by atoms with Gasteiger partial charge in [-0.1, -0.05) is 40.9 Å². The largest absolute Gasteiger partial charge is 0.416 e. The van der Waals surface area contributed by atoms with E-state index in [9.17, 15) is 18.0 Å². The Balaban J connectivity index is 2.19. The van der Waals surface area contributed by atoms with E-state index in [4.69, 9.17) is 34.8 Å². The first-order chi connectivity index (χ1) is 10.7. The molecular weight excluding hydrogens is 376 g/mol. The molecule has 0 aromatic heterocycles. The predicted octanol–water partition coefficient (Wildman–Crippen LogP) is 6.31. The third-order valence-corrected chi connectivity index (χ3v) is 3.89. The molecule has 0 unspecified atom stereocenters. The number of benzene rings is 2. The minimum absolute atomic E-state index is 0.0367. The number of hydrogen-bond acceptors (Lipinski definition) is 1. The second-order valence-electron chi connectivity index (χ2n) is 4.37. The molecule has 0 saturated carbocycles. The molecule has 0 heterocycles. The highest BCUT2D eigenvalue weighted by molar-refractivity contribution is 6.44. The van der Waals surface area contributed by atoms with Crippen molar-refractivity contribution in [1.29, 1.82) is 0 Å². The average molecular weight is 384 g/mol. The van der Waals surface area contributed by atoms with Gasteiger partial charge < -0.3 is 10.6 Å². The highest BCUT2D eigenvalue weighted by Crippen LogP contribution is 2.34. The van der Waals surface area contributed by atoms with Crippen molar-refractivity contribution >= 4 is 52.2 Å². The maximum Gasteiger partial charge on any atom is 0.416 e. The third kappa shape index (κ3) is 4.43. The van der Waals surface area contributed by atoms with Crippen molar-refractivity contribution in [2.75, 3.05) is 10.6 Å². The van der Waals surface area contributed by atoms with Crippen molar-refractivity contribution in [3.63, 3.8) is 0 Å². The zero-order valence-electron chi connectivity index (χ0n) is 11.1. The van der Waals surface area contributed by atoms with Crippen LogP contribution in [0.15, 0.2) is 36.4 Å². The van der Waals surface area contributed by atoms with Crippen molar-refractivity contribution in [1.82, 2.24) is 0 Å². The van der Waals surface area contributed by atoms with Gasteiger partial charge in [0.15, 0.2) is 0 Å². The van der Waals surface area contributed by atoms with E-state index in [0.29, 0.717) is 0 Å². The summed E-state index contributed by atoms with van der Waals surface area (Å²) in [5, 5.41) is 4.91. The molecule has 0 radical (unpaired) electrons. The summed E-state index contributed by atoms with van der Waals surface area (Å²) in [5.41, 5.74) is -0.908. The van der Waals surface area contributed by atoms with Crippen LogP contribution in [0.2, 0.25) is 15.1 Å². The lowest BCUT2D eigenvalue weighted by Gasteiger charge is -2.13. The van der Waals surface area contributed by atoms with Gasteiger partial charge in [-0.2, -0.15) is 13.2 Å². The number of carbonyl (C=O) groups excluding carboxylic acids is 1. The van der Waals surface area contributed by atoms with Crippen LogP contribution >= 0.6 is 34.8 Å². The number of nitrogens with one attached hydrogen (secondary N) is 2. The van der Waals surface area contributed by atoms with Gasteiger partial charge in [0.25, 0.3) is 0 Å². The topological polar surface area (TPSA) is 41.1 Å². The lowest BCUT2D eigenvalue weighted by molar-refractivity contribution is -0.137. The van der Waals surface area contributed by atoms with Crippen LogP contribution in [0.3, 0.4) is 0 Å². The van der Waals surface area contributed by atoms with Crippen LogP contribution in [0, 0.1) is 0 Å². The summed E-state index contributed by atoms with van der Waals surface area (Å²) in [6.45, 7) is 0. The van der Waals surface area contributed by atoms with E-state index in [1.165, 1.54) is 12.1 Å². The highest BCUT2D eigenvalue weighted by Gasteiger charge is 2.31. The molecule has 0 aliphatic carbocycles. The number of carbonyl (C=O) groups is 1. The number of anilines is 2. The van der Waals surface area contributed by atoms with Crippen molar-refractivity contribution in [2.45, 2.75) is 6.18 Å². The first-order valence-corrected chi connectivity index (χ1v) is 7.20. The molecule has 2 N–H and O–H groups in total. The van der Waals surface area contributed by atoms with Crippen LogP contribution in [0.5, 0.6) is 0 Å². The fourth-order valence-electron chi connectivity index (χ4n) is 1.67. The lowest BCUT2D eigenvalue weighted by Crippen LogP contribution is -2.20. The SMILES string of the molecule is O=C(Nc1cc(C(F)(F)F)ccc1Cl)Nc1cccc(Cl)c1Cl. The minimum atomic E-state index is -4.55. The van der Waals surface area contributed by atoms with Gasteiger partial charge in [0, 0.05) is 0 Å². The number of hydrogen-bond donors (Lipinski definition) is 2. The van der Waals surface area contributed by atoms with Crippen LogP contribution in [-0.2, 0) is 6.18 Å². The van der Waals surface area contributed by atoms with Crippen LogP contribution in [0.1, 0.15) is 5.56 Å². The van der Waals surface area contributed by atoms with Gasteiger partial charge >= 0.3 is 12.2 Å². The van der Waals surface area contributed by atoms with Crippen molar-refractivity contribution in [3.05, 3.63) is 57.0 Å². The van der Waals surface area contributed by atoms with Crippen LogP contribution in [0.25, 0.3) is 0 Å². The summed E-state index contributed by atoms with van der Waals surface area (Å²) < 4.78 is 38.0. The van der Waals surface area contributed by atoms with Crippen molar-refractivity contribution in [2.24, 2.45) is 0 Å². The maximum absolute atomic E-state index is 12.7. The highest BCUT2D eigenvalue weighted by atomic mass is 35.5. The molecule has 2 rings (SSSR count). The Morgan fingerprint density at radius 2 is 1.57 bits per heavy atom. The van der Waals surface area contributed by atoms with E-state index in [0.717, 1.165) is 18.2 Å². The molecule has 0 fully saturated rings.